The van der Waals surface area contributed by atoms with Crippen LogP contribution in [0.2, 0.25) is 0 Å². The van der Waals surface area contributed by atoms with E-state index in [1.54, 1.807) is 0 Å². The molecule has 2 N–H and O–H groups in total. The molecule has 0 heterocycles. The average Bonchev–Trinajstić information content (AvgIpc) is 2.05. The van der Waals surface area contributed by atoms with Crippen molar-refractivity contribution < 1.29 is 9.69 Å². The maximum absolute atomic E-state index is 12.0. The highest BCUT2D eigenvalue weighted by molar-refractivity contribution is 7.53. The summed E-state index contributed by atoms with van der Waals surface area (Å²) in [7, 11) is -1.66. The molecule has 1 unspecified atom stereocenters. The Bertz CT molecular complexity index is 232. The number of carbonyl (C=O) groups is 1. The summed E-state index contributed by atoms with van der Waals surface area (Å²) in [5, 5.41) is -0.273. The van der Waals surface area contributed by atoms with Gasteiger partial charge in [-0.05, 0) is 18.8 Å². The number of carbonyl (C=O) groups excluding carboxylic acids is 1. The quantitative estimate of drug-likeness (QED) is 0.704. The summed E-state index contributed by atoms with van der Waals surface area (Å²) < 4.78 is 0. The van der Waals surface area contributed by atoms with Crippen LogP contribution in [0.5, 0.6) is 0 Å². The molecule has 1 atom stereocenters. The number of hydrogen-bond donors (Lipinski definition) is 1. The highest BCUT2D eigenvalue weighted by atomic mass is 31.1. The summed E-state index contributed by atoms with van der Waals surface area (Å²) in [6.07, 6.45) is 1.61. The van der Waals surface area contributed by atoms with Gasteiger partial charge in [0.2, 0.25) is 0 Å². The Hall–Kier alpha value is -0.400. The van der Waals surface area contributed by atoms with Gasteiger partial charge in [0.15, 0.2) is 5.80 Å². The smallest absolute Gasteiger partial charge is 0.283 e. The molecule has 3 nitrogen and oxygen atoms in total. The van der Waals surface area contributed by atoms with E-state index in [9.17, 15) is 9.69 Å². The molecule has 4 heteroatoms. The Labute approximate surface area is 87.2 Å². The van der Waals surface area contributed by atoms with Crippen molar-refractivity contribution in [2.24, 2.45) is 11.7 Å². The zero-order chi connectivity index (χ0) is 11.4. The first-order valence-corrected chi connectivity index (χ1v) is 6.34. The lowest BCUT2D eigenvalue weighted by Gasteiger charge is -2.31. The molecule has 0 aliphatic heterocycles. The molecule has 14 heavy (non-hydrogen) atoms. The standard InChI is InChI=1S/C10H20NO2P/c1-5-10(6-2,8(3)4)14(13)7-9(11)12/h7-8H,5-6H2,1-4H3,(H2,11,12). The third kappa shape index (κ3) is 2.79. The maximum atomic E-state index is 12.0. The number of nitrogens with two attached hydrogens (primary N) is 1. The predicted molar refractivity (Wildman–Crippen MR) is 60.3 cm³/mol. The molecule has 0 rings (SSSR count). The van der Waals surface area contributed by atoms with Gasteiger partial charge in [0.1, 0.15) is 5.16 Å². The van der Waals surface area contributed by atoms with E-state index in [-0.39, 0.29) is 11.1 Å². The normalized spacial score (nSPS) is 13.4. The molecule has 0 spiro atoms. The topological polar surface area (TPSA) is 66.2 Å². The van der Waals surface area contributed by atoms with E-state index in [0.29, 0.717) is 0 Å². The zero-order valence-corrected chi connectivity index (χ0v) is 10.3. The zero-order valence-electron chi connectivity index (χ0n) is 9.41. The number of primary amides is 1. The van der Waals surface area contributed by atoms with Gasteiger partial charge >= 0.3 is 0 Å². The number of amides is 1. The predicted octanol–water partition coefficient (Wildman–Crippen LogP) is 1.25. The van der Waals surface area contributed by atoms with Crippen LogP contribution in [-0.2, 0) is 4.79 Å². The van der Waals surface area contributed by atoms with E-state index in [2.05, 4.69) is 0 Å². The molecule has 0 fully saturated rings. The summed E-state index contributed by atoms with van der Waals surface area (Å²) in [5.74, 6) is 0.872. The van der Waals surface area contributed by atoms with E-state index in [1.807, 2.05) is 27.7 Å². The second kappa shape index (κ2) is 5.47. The molecular formula is C10H20NO2P. The molecule has 0 bridgehead atoms. The minimum absolute atomic E-state index is 0.273. The third-order valence-electron chi connectivity index (χ3n) is 2.98. The first-order chi connectivity index (χ1) is 6.40. The Balaban J connectivity index is 5.08. The van der Waals surface area contributed by atoms with Crippen molar-refractivity contribution in [1.29, 1.82) is 0 Å². The van der Waals surface area contributed by atoms with Gasteiger partial charge < -0.3 is 10.6 Å². The third-order valence-corrected chi connectivity index (χ3v) is 5.50. The summed E-state index contributed by atoms with van der Waals surface area (Å²) in [6, 6.07) is 0. The van der Waals surface area contributed by atoms with Crippen LogP contribution < -0.4 is 10.6 Å². The maximum Gasteiger partial charge on any atom is 0.283 e. The van der Waals surface area contributed by atoms with E-state index in [4.69, 9.17) is 5.73 Å². The van der Waals surface area contributed by atoms with Crippen molar-refractivity contribution in [2.45, 2.75) is 45.7 Å². The van der Waals surface area contributed by atoms with Crippen molar-refractivity contribution in [2.75, 3.05) is 0 Å². The monoisotopic (exact) mass is 217 g/mol. The van der Waals surface area contributed by atoms with Crippen LogP contribution in [0.1, 0.15) is 40.5 Å². The van der Waals surface area contributed by atoms with Gasteiger partial charge in [0.25, 0.3) is 5.91 Å². The fourth-order valence-electron chi connectivity index (χ4n) is 1.88. The highest BCUT2D eigenvalue weighted by Crippen LogP contribution is 2.44. The molecule has 0 aromatic carbocycles. The van der Waals surface area contributed by atoms with Crippen molar-refractivity contribution in [3.8, 4) is 0 Å². The molecule has 0 radical (unpaired) electrons. The van der Waals surface area contributed by atoms with Gasteiger partial charge in [-0.25, -0.2) is 0 Å². The van der Waals surface area contributed by atoms with Crippen LogP contribution in [0.25, 0.3) is 0 Å². The molecule has 0 aromatic rings. The lowest BCUT2D eigenvalue weighted by molar-refractivity contribution is -0.159. The SMILES string of the molecule is CCC(CC)(C(C)C)/[P+]([O-])=C/C(N)=O. The van der Waals surface area contributed by atoms with Crippen molar-refractivity contribution in [1.82, 2.24) is 0 Å². The minimum Gasteiger partial charge on any atom is -0.630 e. The van der Waals surface area contributed by atoms with Crippen LogP contribution in [0.15, 0.2) is 0 Å². The molecular weight excluding hydrogens is 197 g/mol. The van der Waals surface area contributed by atoms with Crippen molar-refractivity contribution >= 4 is 19.5 Å². The first-order valence-electron chi connectivity index (χ1n) is 5.01. The minimum atomic E-state index is -1.66. The summed E-state index contributed by atoms with van der Waals surface area (Å²) in [4.78, 5) is 22.7. The summed E-state index contributed by atoms with van der Waals surface area (Å²) in [5.41, 5.74) is 5.02. The van der Waals surface area contributed by atoms with E-state index >= 15 is 0 Å². The molecule has 0 aromatic heterocycles. The molecule has 0 saturated carbocycles. The number of hydrogen-bond acceptors (Lipinski definition) is 2. The Morgan fingerprint density at radius 2 is 1.93 bits per heavy atom. The lowest BCUT2D eigenvalue weighted by Crippen LogP contribution is -2.34. The highest BCUT2D eigenvalue weighted by Gasteiger charge is 2.38. The van der Waals surface area contributed by atoms with Crippen molar-refractivity contribution in [3.63, 3.8) is 0 Å². The fourth-order valence-corrected chi connectivity index (χ4v) is 3.50. The van der Waals surface area contributed by atoms with Gasteiger partial charge in [-0.15, -0.1) is 0 Å². The second-order valence-electron chi connectivity index (χ2n) is 3.82. The van der Waals surface area contributed by atoms with Crippen LogP contribution in [-0.4, -0.2) is 16.9 Å². The van der Waals surface area contributed by atoms with Gasteiger partial charge in [-0.3, -0.25) is 4.79 Å². The van der Waals surface area contributed by atoms with E-state index < -0.39 is 13.7 Å². The first kappa shape index (κ1) is 13.6. The lowest BCUT2D eigenvalue weighted by atomic mass is 9.89. The Kier molecular flexibility index (Phi) is 5.32. The van der Waals surface area contributed by atoms with Crippen LogP contribution in [0.3, 0.4) is 0 Å². The molecule has 0 saturated heterocycles. The van der Waals surface area contributed by atoms with Gasteiger partial charge in [-0.1, -0.05) is 27.7 Å². The molecule has 1 amide bonds. The van der Waals surface area contributed by atoms with Crippen LogP contribution in [0, 0.1) is 5.92 Å². The van der Waals surface area contributed by atoms with Gasteiger partial charge in [0, 0.05) is 0 Å². The summed E-state index contributed by atoms with van der Waals surface area (Å²) in [6.45, 7) is 8.08. The van der Waals surface area contributed by atoms with Crippen molar-refractivity contribution in [3.05, 3.63) is 0 Å². The Morgan fingerprint density at radius 1 is 1.50 bits per heavy atom. The van der Waals surface area contributed by atoms with Gasteiger partial charge in [-0.2, -0.15) is 0 Å². The molecule has 0 aliphatic carbocycles. The number of rotatable bonds is 5. The van der Waals surface area contributed by atoms with Crippen LogP contribution in [0.4, 0.5) is 0 Å². The Morgan fingerprint density at radius 3 is 2.14 bits per heavy atom. The average molecular weight is 217 g/mol. The van der Waals surface area contributed by atoms with Crippen LogP contribution >= 0.6 is 7.77 Å². The van der Waals surface area contributed by atoms with E-state index in [1.165, 1.54) is 5.80 Å². The molecule has 82 valence electrons. The summed E-state index contributed by atoms with van der Waals surface area (Å²) >= 11 is 0. The largest absolute Gasteiger partial charge is 0.630 e. The van der Waals surface area contributed by atoms with E-state index in [0.717, 1.165) is 12.8 Å². The second-order valence-corrected chi connectivity index (χ2v) is 5.62. The molecule has 0 aliphatic rings. The van der Waals surface area contributed by atoms with Gasteiger partial charge in [0.05, 0.1) is 7.77 Å². The fraction of sp³-hybridized carbons (Fsp3) is 0.800.